The quantitative estimate of drug-likeness (QED) is 0.446. The molecule has 4 aromatic rings. The Morgan fingerprint density at radius 1 is 0.931 bits per heavy atom. The van der Waals surface area contributed by atoms with Gasteiger partial charge in [-0.15, -0.1) is 0 Å². The zero-order valence-corrected chi connectivity index (χ0v) is 16.7. The highest BCUT2D eigenvalue weighted by atomic mass is 35.5. The SMILES string of the molecule is Cc1c(Cc2nccc3c(Cl)ccnc23)cccc1-c1ccc2c(c1)OCCO2. The van der Waals surface area contributed by atoms with Crippen molar-refractivity contribution in [2.75, 3.05) is 13.2 Å². The largest absolute Gasteiger partial charge is 0.486 e. The van der Waals surface area contributed by atoms with E-state index in [1.165, 1.54) is 16.7 Å². The summed E-state index contributed by atoms with van der Waals surface area (Å²) in [5, 5.41) is 1.63. The van der Waals surface area contributed by atoms with Gasteiger partial charge in [-0.25, -0.2) is 0 Å². The van der Waals surface area contributed by atoms with Crippen LogP contribution in [0.3, 0.4) is 0 Å². The Kier molecular flexibility index (Phi) is 4.57. The van der Waals surface area contributed by atoms with Crippen LogP contribution in [0.4, 0.5) is 0 Å². The van der Waals surface area contributed by atoms with E-state index >= 15 is 0 Å². The number of hydrogen-bond donors (Lipinski definition) is 0. The summed E-state index contributed by atoms with van der Waals surface area (Å²) in [5.74, 6) is 1.60. The molecule has 144 valence electrons. The van der Waals surface area contributed by atoms with Gasteiger partial charge in [-0.3, -0.25) is 9.97 Å². The highest BCUT2D eigenvalue weighted by molar-refractivity contribution is 6.35. The molecular weight excluding hydrogens is 384 g/mol. The zero-order chi connectivity index (χ0) is 19.8. The van der Waals surface area contributed by atoms with Gasteiger partial charge in [0.1, 0.15) is 13.2 Å². The molecule has 5 heteroatoms. The second kappa shape index (κ2) is 7.37. The van der Waals surface area contributed by atoms with E-state index in [2.05, 4.69) is 47.2 Å². The Morgan fingerprint density at radius 2 is 1.76 bits per heavy atom. The predicted octanol–water partition coefficient (Wildman–Crippen LogP) is 5.62. The summed E-state index contributed by atoms with van der Waals surface area (Å²) in [6, 6.07) is 16.2. The fourth-order valence-electron chi connectivity index (χ4n) is 3.81. The van der Waals surface area contributed by atoms with E-state index in [-0.39, 0.29) is 0 Å². The van der Waals surface area contributed by atoms with Gasteiger partial charge in [0.2, 0.25) is 0 Å². The third kappa shape index (κ3) is 3.30. The number of hydrogen-bond acceptors (Lipinski definition) is 4. The molecule has 29 heavy (non-hydrogen) atoms. The van der Waals surface area contributed by atoms with Crippen molar-refractivity contribution in [1.29, 1.82) is 0 Å². The number of halogens is 1. The molecule has 2 aromatic heterocycles. The maximum absolute atomic E-state index is 6.34. The van der Waals surface area contributed by atoms with Crippen molar-refractivity contribution in [1.82, 2.24) is 9.97 Å². The number of benzene rings is 2. The molecule has 0 bridgehead atoms. The Bertz CT molecular complexity index is 1220. The molecule has 3 heterocycles. The highest BCUT2D eigenvalue weighted by Gasteiger charge is 2.15. The average Bonchev–Trinajstić information content (AvgIpc) is 2.75. The van der Waals surface area contributed by atoms with Crippen molar-refractivity contribution >= 4 is 22.5 Å². The summed E-state index contributed by atoms with van der Waals surface area (Å²) in [7, 11) is 0. The van der Waals surface area contributed by atoms with Gasteiger partial charge >= 0.3 is 0 Å². The molecule has 0 spiro atoms. The minimum atomic E-state index is 0.581. The van der Waals surface area contributed by atoms with Gasteiger partial charge < -0.3 is 9.47 Å². The smallest absolute Gasteiger partial charge is 0.161 e. The van der Waals surface area contributed by atoms with Crippen LogP contribution in [0, 0.1) is 6.92 Å². The molecule has 0 N–H and O–H groups in total. The summed E-state index contributed by atoms with van der Waals surface area (Å²) < 4.78 is 11.4. The van der Waals surface area contributed by atoms with Crippen molar-refractivity contribution in [3.05, 3.63) is 82.8 Å². The number of fused-ring (bicyclic) bond motifs is 2. The van der Waals surface area contributed by atoms with Gasteiger partial charge in [0.25, 0.3) is 0 Å². The Morgan fingerprint density at radius 3 is 2.66 bits per heavy atom. The normalized spacial score (nSPS) is 12.9. The van der Waals surface area contributed by atoms with Crippen LogP contribution in [0.2, 0.25) is 5.02 Å². The number of nitrogens with zero attached hydrogens (tertiary/aromatic N) is 2. The van der Waals surface area contributed by atoms with E-state index in [1.54, 1.807) is 18.5 Å². The molecule has 0 atom stereocenters. The van der Waals surface area contributed by atoms with Crippen LogP contribution in [-0.4, -0.2) is 23.2 Å². The van der Waals surface area contributed by atoms with Gasteiger partial charge in [-0.05, 0) is 53.4 Å². The number of pyridine rings is 2. The van der Waals surface area contributed by atoms with Crippen molar-refractivity contribution in [2.45, 2.75) is 13.3 Å². The van der Waals surface area contributed by atoms with Gasteiger partial charge in [0, 0.05) is 24.2 Å². The lowest BCUT2D eigenvalue weighted by Gasteiger charge is -2.19. The molecule has 0 amide bonds. The molecule has 0 aliphatic carbocycles. The van der Waals surface area contributed by atoms with Crippen molar-refractivity contribution in [3.8, 4) is 22.6 Å². The molecular formula is C24H19ClN2O2. The minimum absolute atomic E-state index is 0.581. The van der Waals surface area contributed by atoms with Crippen LogP contribution < -0.4 is 9.47 Å². The topological polar surface area (TPSA) is 44.2 Å². The summed E-state index contributed by atoms with van der Waals surface area (Å²) in [6.45, 7) is 3.32. The van der Waals surface area contributed by atoms with Crippen LogP contribution in [0.1, 0.15) is 16.8 Å². The van der Waals surface area contributed by atoms with Crippen LogP contribution in [0.5, 0.6) is 11.5 Å². The zero-order valence-electron chi connectivity index (χ0n) is 16.0. The number of aromatic nitrogens is 2. The maximum Gasteiger partial charge on any atom is 0.161 e. The third-order valence-corrected chi connectivity index (χ3v) is 5.67. The molecule has 0 saturated heterocycles. The van der Waals surface area contributed by atoms with Crippen LogP contribution in [-0.2, 0) is 6.42 Å². The van der Waals surface area contributed by atoms with Gasteiger partial charge in [-0.1, -0.05) is 35.9 Å². The summed E-state index contributed by atoms with van der Waals surface area (Å²) in [4.78, 5) is 9.11. The molecule has 0 unspecified atom stereocenters. The van der Waals surface area contributed by atoms with E-state index < -0.39 is 0 Å². The maximum atomic E-state index is 6.34. The lowest BCUT2D eigenvalue weighted by Crippen LogP contribution is -2.15. The Hall–Kier alpha value is -3.11. The standard InChI is InChI=1S/C24H19ClN2O2/c1-15-16(13-21-24-19(7-9-26-21)20(25)8-10-27-24)3-2-4-18(15)17-5-6-22-23(14-17)29-12-11-28-22/h2-10,14H,11-13H2,1H3. The predicted molar refractivity (Wildman–Crippen MR) is 115 cm³/mol. The van der Waals surface area contributed by atoms with Gasteiger partial charge in [0.05, 0.1) is 16.2 Å². The molecule has 0 fully saturated rings. The second-order valence-electron chi connectivity index (χ2n) is 7.07. The van der Waals surface area contributed by atoms with Gasteiger partial charge in [-0.2, -0.15) is 0 Å². The van der Waals surface area contributed by atoms with Crippen LogP contribution >= 0.6 is 11.6 Å². The molecule has 0 saturated carbocycles. The van der Waals surface area contributed by atoms with Crippen LogP contribution in [0.25, 0.3) is 22.0 Å². The average molecular weight is 403 g/mol. The van der Waals surface area contributed by atoms with E-state index in [1.807, 2.05) is 12.1 Å². The fourth-order valence-corrected chi connectivity index (χ4v) is 4.02. The Balaban J connectivity index is 1.55. The minimum Gasteiger partial charge on any atom is -0.486 e. The van der Waals surface area contributed by atoms with E-state index in [4.69, 9.17) is 21.1 Å². The summed E-state index contributed by atoms with van der Waals surface area (Å²) in [6.07, 6.45) is 4.22. The number of rotatable bonds is 3. The molecule has 1 aliphatic rings. The van der Waals surface area contributed by atoms with E-state index in [0.717, 1.165) is 33.7 Å². The van der Waals surface area contributed by atoms with Crippen molar-refractivity contribution in [2.24, 2.45) is 0 Å². The van der Waals surface area contributed by atoms with Gasteiger partial charge in [0.15, 0.2) is 11.5 Å². The molecule has 0 radical (unpaired) electrons. The fraction of sp³-hybridized carbons (Fsp3) is 0.167. The summed E-state index contributed by atoms with van der Waals surface area (Å²) in [5.41, 5.74) is 6.48. The number of ether oxygens (including phenoxy) is 2. The molecule has 2 aromatic carbocycles. The first-order chi connectivity index (χ1) is 14.2. The van der Waals surface area contributed by atoms with E-state index in [0.29, 0.717) is 24.7 Å². The molecule has 1 aliphatic heterocycles. The monoisotopic (exact) mass is 402 g/mol. The molecule has 5 rings (SSSR count). The first-order valence-electron chi connectivity index (χ1n) is 9.57. The van der Waals surface area contributed by atoms with E-state index in [9.17, 15) is 0 Å². The van der Waals surface area contributed by atoms with Crippen LogP contribution in [0.15, 0.2) is 60.9 Å². The Labute approximate surface area is 174 Å². The first kappa shape index (κ1) is 18.0. The van der Waals surface area contributed by atoms with Crippen molar-refractivity contribution < 1.29 is 9.47 Å². The first-order valence-corrected chi connectivity index (χ1v) is 9.95. The second-order valence-corrected chi connectivity index (χ2v) is 7.48. The molecule has 4 nitrogen and oxygen atoms in total. The lowest BCUT2D eigenvalue weighted by molar-refractivity contribution is 0.171. The van der Waals surface area contributed by atoms with Crippen molar-refractivity contribution in [3.63, 3.8) is 0 Å². The third-order valence-electron chi connectivity index (χ3n) is 5.34. The summed E-state index contributed by atoms with van der Waals surface area (Å²) >= 11 is 6.34. The highest BCUT2D eigenvalue weighted by Crippen LogP contribution is 2.36. The lowest BCUT2D eigenvalue weighted by atomic mass is 9.93.